The highest BCUT2D eigenvalue weighted by atomic mass is 32.2. The van der Waals surface area contributed by atoms with Crippen molar-refractivity contribution in [3.63, 3.8) is 0 Å². The molecule has 0 bridgehead atoms. The Kier molecular flexibility index (Phi) is 6.58. The van der Waals surface area contributed by atoms with Crippen LogP contribution in [0.15, 0.2) is 59.5 Å². The van der Waals surface area contributed by atoms with E-state index in [2.05, 4.69) is 10.0 Å². The number of rotatable bonds is 6. The summed E-state index contributed by atoms with van der Waals surface area (Å²) >= 11 is 0. The third kappa shape index (κ3) is 6.17. The van der Waals surface area contributed by atoms with Gasteiger partial charge in [0.15, 0.2) is 0 Å². The Hall–Kier alpha value is -2.71. The Bertz CT molecular complexity index is 933. The highest BCUT2D eigenvalue weighted by Crippen LogP contribution is 2.16. The second-order valence-electron chi connectivity index (χ2n) is 7.22. The molecule has 8 heteroatoms. The number of esters is 1. The lowest BCUT2D eigenvalue weighted by molar-refractivity contribution is -0.156. The number of amides is 1. The van der Waals surface area contributed by atoms with Crippen LogP contribution in [0.2, 0.25) is 0 Å². The Morgan fingerprint density at radius 1 is 0.964 bits per heavy atom. The van der Waals surface area contributed by atoms with Gasteiger partial charge in [-0.05, 0) is 64.1 Å². The molecule has 7 nitrogen and oxygen atoms in total. The molecule has 2 aromatic rings. The maximum Gasteiger partial charge on any atom is 0.324 e. The lowest BCUT2D eigenvalue weighted by Crippen LogP contribution is -2.42. The number of sulfonamides is 1. The highest BCUT2D eigenvalue weighted by molar-refractivity contribution is 7.89. The van der Waals surface area contributed by atoms with E-state index in [1.807, 2.05) is 6.07 Å². The maximum atomic E-state index is 12.5. The first-order valence-electron chi connectivity index (χ1n) is 8.69. The predicted octanol–water partition coefficient (Wildman–Crippen LogP) is 2.95. The van der Waals surface area contributed by atoms with Gasteiger partial charge in [-0.25, -0.2) is 8.42 Å². The first-order valence-corrected chi connectivity index (χ1v) is 10.2. The summed E-state index contributed by atoms with van der Waals surface area (Å²) in [6, 6.07) is 13.3. The van der Waals surface area contributed by atoms with Crippen LogP contribution < -0.4 is 10.0 Å². The quantitative estimate of drug-likeness (QED) is 0.721. The van der Waals surface area contributed by atoms with Crippen molar-refractivity contribution in [1.29, 1.82) is 0 Å². The van der Waals surface area contributed by atoms with E-state index < -0.39 is 27.6 Å². The van der Waals surface area contributed by atoms with Gasteiger partial charge in [0.05, 0.1) is 4.90 Å². The van der Waals surface area contributed by atoms with E-state index in [1.54, 1.807) is 45.0 Å². The van der Waals surface area contributed by atoms with Crippen molar-refractivity contribution in [3.8, 4) is 0 Å². The van der Waals surface area contributed by atoms with Crippen molar-refractivity contribution in [2.45, 2.75) is 44.2 Å². The van der Waals surface area contributed by atoms with Gasteiger partial charge in [-0.1, -0.05) is 18.2 Å². The van der Waals surface area contributed by atoms with Crippen LogP contribution >= 0.6 is 0 Å². The monoisotopic (exact) mass is 404 g/mol. The summed E-state index contributed by atoms with van der Waals surface area (Å²) < 4.78 is 32.4. The van der Waals surface area contributed by atoms with E-state index in [0.29, 0.717) is 11.3 Å². The number of anilines is 1. The van der Waals surface area contributed by atoms with Gasteiger partial charge >= 0.3 is 5.97 Å². The topological polar surface area (TPSA) is 102 Å². The number of carbonyl (C=O) groups is 2. The molecular formula is C20H24N2O5S. The van der Waals surface area contributed by atoms with E-state index >= 15 is 0 Å². The third-order valence-electron chi connectivity index (χ3n) is 3.55. The average Bonchev–Trinajstić information content (AvgIpc) is 2.61. The van der Waals surface area contributed by atoms with Crippen molar-refractivity contribution in [1.82, 2.24) is 4.72 Å². The first-order chi connectivity index (χ1) is 13.0. The zero-order chi connectivity index (χ0) is 20.9. The molecule has 0 aromatic heterocycles. The molecule has 2 rings (SSSR count). The normalized spacial score (nSPS) is 12.9. The molecule has 2 aromatic carbocycles. The first kappa shape index (κ1) is 21.6. The van der Waals surface area contributed by atoms with Crippen LogP contribution in [0.4, 0.5) is 5.69 Å². The summed E-state index contributed by atoms with van der Waals surface area (Å²) in [7, 11) is -3.92. The van der Waals surface area contributed by atoms with Crippen molar-refractivity contribution >= 4 is 27.6 Å². The van der Waals surface area contributed by atoms with Crippen LogP contribution in [-0.4, -0.2) is 31.9 Å². The molecule has 0 unspecified atom stereocenters. The summed E-state index contributed by atoms with van der Waals surface area (Å²) in [5, 5.41) is 2.69. The molecule has 0 aliphatic rings. The van der Waals surface area contributed by atoms with Crippen molar-refractivity contribution < 1.29 is 22.7 Å². The number of nitrogens with one attached hydrogen (secondary N) is 2. The molecule has 1 amide bonds. The molecule has 150 valence electrons. The van der Waals surface area contributed by atoms with Gasteiger partial charge in [0.2, 0.25) is 10.0 Å². The summed E-state index contributed by atoms with van der Waals surface area (Å²) in [5.41, 5.74) is 0.232. The molecule has 0 saturated heterocycles. The fraction of sp³-hybridized carbons (Fsp3) is 0.300. The summed E-state index contributed by atoms with van der Waals surface area (Å²) in [6.07, 6.45) is 0. The molecule has 0 saturated carbocycles. The molecule has 0 radical (unpaired) electrons. The molecule has 0 heterocycles. The smallest absolute Gasteiger partial charge is 0.324 e. The van der Waals surface area contributed by atoms with E-state index in [4.69, 9.17) is 4.74 Å². The van der Waals surface area contributed by atoms with Gasteiger partial charge in [0.25, 0.3) is 5.91 Å². The van der Waals surface area contributed by atoms with Crippen molar-refractivity contribution in [2.75, 3.05) is 5.32 Å². The summed E-state index contributed by atoms with van der Waals surface area (Å²) in [4.78, 5) is 24.1. The Balaban J connectivity index is 2.05. The zero-order valence-electron chi connectivity index (χ0n) is 16.2. The number of hydrogen-bond acceptors (Lipinski definition) is 5. The van der Waals surface area contributed by atoms with Crippen LogP contribution in [0.25, 0.3) is 0 Å². The fourth-order valence-corrected chi connectivity index (χ4v) is 3.44. The molecule has 28 heavy (non-hydrogen) atoms. The predicted molar refractivity (Wildman–Crippen MR) is 106 cm³/mol. The molecule has 0 aliphatic heterocycles. The standard InChI is InChI=1S/C20H24N2O5S/c1-14(19(24)27-20(2,3)4)22-28(25,26)17-12-10-16(11-13-17)21-18(23)15-8-6-5-7-9-15/h5-14,22H,1-4H3,(H,21,23)/t14-/m1/s1. The van der Waals surface area contributed by atoms with Crippen molar-refractivity contribution in [3.05, 3.63) is 60.2 Å². The molecular weight excluding hydrogens is 380 g/mol. The van der Waals surface area contributed by atoms with Gasteiger partial charge in [0.1, 0.15) is 11.6 Å². The van der Waals surface area contributed by atoms with E-state index in [-0.39, 0.29) is 10.8 Å². The second-order valence-corrected chi connectivity index (χ2v) is 8.93. The lowest BCUT2D eigenvalue weighted by atomic mass is 10.2. The summed E-state index contributed by atoms with van der Waals surface area (Å²) in [5.74, 6) is -0.962. The van der Waals surface area contributed by atoms with Crippen LogP contribution in [0, 0.1) is 0 Å². The van der Waals surface area contributed by atoms with Crippen LogP contribution in [0.1, 0.15) is 38.1 Å². The van der Waals surface area contributed by atoms with Crippen LogP contribution in [0.5, 0.6) is 0 Å². The van der Waals surface area contributed by atoms with Gasteiger partial charge in [0, 0.05) is 11.3 Å². The van der Waals surface area contributed by atoms with Gasteiger partial charge in [-0.2, -0.15) is 4.72 Å². The summed E-state index contributed by atoms with van der Waals surface area (Å²) in [6.45, 7) is 6.53. The largest absolute Gasteiger partial charge is 0.459 e. The minimum Gasteiger partial charge on any atom is -0.459 e. The average molecular weight is 404 g/mol. The Labute approximate surface area is 165 Å². The van der Waals surface area contributed by atoms with Gasteiger partial charge < -0.3 is 10.1 Å². The van der Waals surface area contributed by atoms with Gasteiger partial charge in [-0.3, -0.25) is 9.59 Å². The number of benzene rings is 2. The van der Waals surface area contributed by atoms with Crippen LogP contribution in [0.3, 0.4) is 0 Å². The fourth-order valence-electron chi connectivity index (χ4n) is 2.25. The SMILES string of the molecule is C[C@@H](NS(=O)(=O)c1ccc(NC(=O)c2ccccc2)cc1)C(=O)OC(C)(C)C. The molecule has 1 atom stereocenters. The number of carbonyl (C=O) groups excluding carboxylic acids is 2. The third-order valence-corrected chi connectivity index (χ3v) is 5.11. The van der Waals surface area contributed by atoms with E-state index in [9.17, 15) is 18.0 Å². The maximum absolute atomic E-state index is 12.5. The van der Waals surface area contributed by atoms with Crippen LogP contribution in [-0.2, 0) is 19.6 Å². The Morgan fingerprint density at radius 2 is 1.54 bits per heavy atom. The lowest BCUT2D eigenvalue weighted by Gasteiger charge is -2.22. The van der Waals surface area contributed by atoms with E-state index in [0.717, 1.165) is 0 Å². The van der Waals surface area contributed by atoms with Crippen molar-refractivity contribution in [2.24, 2.45) is 0 Å². The number of ether oxygens (including phenoxy) is 1. The zero-order valence-corrected chi connectivity index (χ0v) is 17.0. The molecule has 0 aliphatic carbocycles. The minimum absolute atomic E-state index is 0.0272. The Morgan fingerprint density at radius 3 is 2.07 bits per heavy atom. The van der Waals surface area contributed by atoms with E-state index in [1.165, 1.54) is 31.2 Å². The molecule has 0 fully saturated rings. The molecule has 2 N–H and O–H groups in total. The van der Waals surface area contributed by atoms with Gasteiger partial charge in [-0.15, -0.1) is 0 Å². The minimum atomic E-state index is -3.92. The molecule has 0 spiro atoms. The highest BCUT2D eigenvalue weighted by Gasteiger charge is 2.26. The number of hydrogen-bond donors (Lipinski definition) is 2. The second kappa shape index (κ2) is 8.53.